The maximum Gasteiger partial charge on any atom is 0.239 e. The van der Waals surface area contributed by atoms with E-state index < -0.39 is 126 Å². The Morgan fingerprint density at radius 1 is 0.696 bits per heavy atom. The minimum Gasteiger partial charge on any atom is -0.507 e. The lowest BCUT2D eigenvalue weighted by Crippen LogP contribution is -2.60. The lowest BCUT2D eigenvalue weighted by atomic mass is 9.99. The molecule has 5 rings (SSSR count). The van der Waals surface area contributed by atoms with E-state index in [-0.39, 0.29) is 11.3 Å². The summed E-state index contributed by atoms with van der Waals surface area (Å²) in [4.78, 5) is 14.0. The summed E-state index contributed by atoms with van der Waals surface area (Å²) in [7, 11) is 1.27. The Morgan fingerprint density at radius 3 is 1.74 bits per heavy atom. The molecule has 0 bridgehead atoms. The van der Waals surface area contributed by atoms with Crippen LogP contribution in [-0.4, -0.2) is 138 Å². The lowest BCUT2D eigenvalue weighted by molar-refractivity contribution is -0.277. The molecule has 0 spiro atoms. The highest BCUT2D eigenvalue weighted by Gasteiger charge is 2.47. The smallest absolute Gasteiger partial charge is 0.239 e. The van der Waals surface area contributed by atoms with Gasteiger partial charge in [0, 0.05) is 11.6 Å². The summed E-state index contributed by atoms with van der Waals surface area (Å²) >= 11 is 0. The molecule has 0 radical (unpaired) electrons. The Kier molecular flexibility index (Phi) is 9.47. The monoisotopic (exact) mass is 656 g/mol. The van der Waals surface area contributed by atoms with Crippen LogP contribution in [0.4, 0.5) is 0 Å². The predicted molar refractivity (Wildman–Crippen MR) is 148 cm³/mol. The first-order chi connectivity index (χ1) is 21.8. The van der Waals surface area contributed by atoms with E-state index in [2.05, 4.69) is 0 Å². The van der Waals surface area contributed by atoms with Crippen molar-refractivity contribution in [3.63, 3.8) is 0 Å². The zero-order valence-corrected chi connectivity index (χ0v) is 23.8. The van der Waals surface area contributed by atoms with Gasteiger partial charge < -0.3 is 84.3 Å². The summed E-state index contributed by atoms with van der Waals surface area (Å²) in [6.45, 7) is -1.64. The van der Waals surface area contributed by atoms with E-state index in [1.54, 1.807) is 0 Å². The van der Waals surface area contributed by atoms with E-state index in [4.69, 9.17) is 28.1 Å². The van der Waals surface area contributed by atoms with Crippen molar-refractivity contribution in [2.24, 2.45) is 0 Å². The highest BCUT2D eigenvalue weighted by molar-refractivity contribution is 5.93. The number of methoxy groups -OCH3 is 1. The molecule has 2 aliphatic heterocycles. The largest absolute Gasteiger partial charge is 0.507 e. The zero-order valence-electron chi connectivity index (χ0n) is 23.8. The van der Waals surface area contributed by atoms with E-state index in [9.17, 15) is 61.0 Å². The standard InChI is InChI=1S/C28H32O18/c1-41-12-3-2-8(4-9(12)31)23-26(46-28-22(40)20(38)17(35)14(7-30)43-28)18(36)15-10(32)5-11(33)24(25(15)44-23)45-27-21(39)19(37)16(34)13(6-29)42-27/h2-5,13-14,16-17,19-22,27-35,37-40H,6-7H2,1H3. The number of rotatable bonds is 8. The number of aliphatic hydroxyl groups is 8. The number of ether oxygens (including phenoxy) is 5. The van der Waals surface area contributed by atoms with Crippen LogP contribution in [0.15, 0.2) is 33.5 Å². The second kappa shape index (κ2) is 13.0. The molecule has 2 aromatic carbocycles. The lowest BCUT2D eigenvalue weighted by Gasteiger charge is -2.39. The average molecular weight is 657 g/mol. The third-order valence-corrected chi connectivity index (χ3v) is 7.65. The second-order valence-electron chi connectivity index (χ2n) is 10.6. The summed E-state index contributed by atoms with van der Waals surface area (Å²) in [5.74, 6) is -4.26. The van der Waals surface area contributed by atoms with Crippen LogP contribution in [0.2, 0.25) is 0 Å². The maximum atomic E-state index is 14.0. The maximum absolute atomic E-state index is 14.0. The predicted octanol–water partition coefficient (Wildman–Crippen LogP) is -3.06. The van der Waals surface area contributed by atoms with Gasteiger partial charge in [-0.15, -0.1) is 0 Å². The highest BCUT2D eigenvalue weighted by atomic mass is 16.7. The number of phenolic OH excluding ortho intramolecular Hbond substituents is 3. The Balaban J connectivity index is 1.70. The van der Waals surface area contributed by atoms with Gasteiger partial charge in [0.15, 0.2) is 28.6 Å². The first-order valence-corrected chi connectivity index (χ1v) is 13.7. The van der Waals surface area contributed by atoms with E-state index in [0.717, 1.165) is 6.07 Å². The van der Waals surface area contributed by atoms with Crippen LogP contribution in [0.5, 0.6) is 34.5 Å². The number of phenols is 3. The van der Waals surface area contributed by atoms with Crippen LogP contribution < -0.4 is 19.6 Å². The zero-order chi connectivity index (χ0) is 33.6. The van der Waals surface area contributed by atoms with Gasteiger partial charge in [-0.1, -0.05) is 0 Å². The molecule has 10 unspecified atom stereocenters. The van der Waals surface area contributed by atoms with E-state index in [0.29, 0.717) is 6.07 Å². The van der Waals surface area contributed by atoms with Gasteiger partial charge in [0.2, 0.25) is 29.5 Å². The molecule has 46 heavy (non-hydrogen) atoms. The summed E-state index contributed by atoms with van der Waals surface area (Å²) in [5.41, 5.74) is -1.98. The van der Waals surface area contributed by atoms with Crippen molar-refractivity contribution in [3.05, 3.63) is 34.5 Å². The minimum absolute atomic E-state index is 0.00483. The topological polar surface area (TPSA) is 299 Å². The fourth-order valence-electron chi connectivity index (χ4n) is 5.10. The normalized spacial score (nSPS) is 31.5. The molecule has 2 aliphatic rings. The first-order valence-electron chi connectivity index (χ1n) is 13.7. The van der Waals surface area contributed by atoms with Gasteiger partial charge >= 0.3 is 0 Å². The number of aromatic hydroxyl groups is 3. The van der Waals surface area contributed by atoms with Crippen molar-refractivity contribution >= 4 is 11.0 Å². The average Bonchev–Trinajstić information content (AvgIpc) is 3.03. The van der Waals surface area contributed by atoms with Gasteiger partial charge in [-0.05, 0) is 18.2 Å². The molecule has 18 heteroatoms. The third-order valence-electron chi connectivity index (χ3n) is 7.65. The Morgan fingerprint density at radius 2 is 1.24 bits per heavy atom. The number of aliphatic hydroxyl groups excluding tert-OH is 8. The molecular formula is C28H32O18. The van der Waals surface area contributed by atoms with Gasteiger partial charge in [0.1, 0.15) is 60.0 Å². The molecule has 0 amide bonds. The first kappa shape index (κ1) is 33.4. The van der Waals surface area contributed by atoms with Crippen LogP contribution >= 0.6 is 0 Å². The highest BCUT2D eigenvalue weighted by Crippen LogP contribution is 2.45. The fourth-order valence-corrected chi connectivity index (χ4v) is 5.10. The molecule has 3 heterocycles. The molecule has 2 fully saturated rings. The van der Waals surface area contributed by atoms with Gasteiger partial charge in [0.05, 0.1) is 20.3 Å². The minimum atomic E-state index is -1.98. The van der Waals surface area contributed by atoms with E-state index in [1.165, 1.54) is 19.2 Å². The van der Waals surface area contributed by atoms with Crippen LogP contribution in [0.3, 0.4) is 0 Å². The molecule has 3 aromatic rings. The van der Waals surface area contributed by atoms with Crippen molar-refractivity contribution in [3.8, 4) is 45.8 Å². The van der Waals surface area contributed by atoms with Gasteiger partial charge in [0.25, 0.3) is 0 Å². The summed E-state index contributed by atoms with van der Waals surface area (Å²) < 4.78 is 32.9. The van der Waals surface area contributed by atoms with Crippen molar-refractivity contribution in [2.75, 3.05) is 20.3 Å². The SMILES string of the molecule is COc1ccc(-c2oc3c(OC4OC(CO)C(O)C(O)C4O)c(O)cc(O)c3c(=O)c2OC2OC(CO)C(O)C(O)C2O)cc1O. The Bertz CT molecular complexity index is 1620. The van der Waals surface area contributed by atoms with Crippen molar-refractivity contribution in [1.29, 1.82) is 0 Å². The number of fused-ring (bicyclic) bond motifs is 1. The molecular weight excluding hydrogens is 624 g/mol. The van der Waals surface area contributed by atoms with Crippen molar-refractivity contribution in [2.45, 2.75) is 61.4 Å². The second-order valence-corrected chi connectivity index (χ2v) is 10.6. The van der Waals surface area contributed by atoms with Crippen LogP contribution in [0.25, 0.3) is 22.3 Å². The van der Waals surface area contributed by atoms with Crippen LogP contribution in [0.1, 0.15) is 0 Å². The Hall–Kier alpha value is -3.95. The number of benzene rings is 2. The van der Waals surface area contributed by atoms with Crippen LogP contribution in [-0.2, 0) is 9.47 Å². The van der Waals surface area contributed by atoms with Gasteiger partial charge in [-0.3, -0.25) is 4.79 Å². The fraction of sp³-hybridized carbons (Fsp3) is 0.464. The quantitative estimate of drug-likeness (QED) is 0.115. The third kappa shape index (κ3) is 5.75. The number of hydrogen-bond acceptors (Lipinski definition) is 18. The summed E-state index contributed by atoms with van der Waals surface area (Å²) in [6, 6.07) is 4.31. The van der Waals surface area contributed by atoms with Gasteiger partial charge in [-0.25, -0.2) is 0 Å². The van der Waals surface area contributed by atoms with Crippen molar-refractivity contribution in [1.82, 2.24) is 0 Å². The summed E-state index contributed by atoms with van der Waals surface area (Å²) in [6.07, 6.45) is -17.9. The molecule has 2 saturated heterocycles. The molecule has 11 N–H and O–H groups in total. The molecule has 0 saturated carbocycles. The van der Waals surface area contributed by atoms with Crippen LogP contribution in [0, 0.1) is 0 Å². The van der Waals surface area contributed by atoms with Crippen molar-refractivity contribution < 1.29 is 84.3 Å². The van der Waals surface area contributed by atoms with E-state index in [1.807, 2.05) is 0 Å². The van der Waals surface area contributed by atoms with Gasteiger partial charge in [-0.2, -0.15) is 0 Å². The summed E-state index contributed by atoms with van der Waals surface area (Å²) in [5, 5.41) is 112. The molecule has 252 valence electrons. The molecule has 0 aliphatic carbocycles. The molecule has 18 nitrogen and oxygen atoms in total. The molecule has 10 atom stereocenters. The van der Waals surface area contributed by atoms with E-state index >= 15 is 0 Å². The molecule has 1 aromatic heterocycles. The Labute approximate surface area is 257 Å². The number of hydrogen-bond donors (Lipinski definition) is 11.